The molecule has 0 bridgehead atoms. The number of carbonyl (C=O) groups is 3. The van der Waals surface area contributed by atoms with E-state index >= 15 is 0 Å². The van der Waals surface area contributed by atoms with Gasteiger partial charge in [0.1, 0.15) is 18.7 Å². The molecule has 1 aliphatic heterocycles. The van der Waals surface area contributed by atoms with E-state index in [1.807, 2.05) is 57.5 Å². The molecule has 3 amide bonds. The van der Waals surface area contributed by atoms with Gasteiger partial charge in [-0.05, 0) is 36.3 Å². The second-order valence-corrected chi connectivity index (χ2v) is 12.1. The molecule has 1 aromatic carbocycles. The molecule has 9 nitrogen and oxygen atoms in total. The van der Waals surface area contributed by atoms with E-state index in [-0.39, 0.29) is 32.0 Å². The van der Waals surface area contributed by atoms with Crippen LogP contribution >= 0.6 is 22.9 Å². The zero-order valence-corrected chi connectivity index (χ0v) is 24.6. The van der Waals surface area contributed by atoms with Crippen LogP contribution in [0, 0.1) is 12.3 Å². The monoisotopic (exact) mass is 578 g/mol. The van der Waals surface area contributed by atoms with Crippen LogP contribution in [0.4, 0.5) is 0 Å². The lowest BCUT2D eigenvalue weighted by Gasteiger charge is -2.35. The number of nitrogens with zero attached hydrogens (tertiary/aromatic N) is 2. The molecule has 2 heterocycles. The summed E-state index contributed by atoms with van der Waals surface area (Å²) in [5, 5.41) is 16.0. The number of aliphatic hydroxyl groups excluding tert-OH is 1. The third kappa shape index (κ3) is 8.73. The number of likely N-dealkylation sites (tertiary alicyclic amines) is 1. The quantitative estimate of drug-likeness (QED) is 0.263. The summed E-state index contributed by atoms with van der Waals surface area (Å²) in [5.41, 5.74) is 4.15. The number of ether oxygens (including phenoxy) is 1. The number of benzene rings is 1. The predicted octanol–water partition coefficient (Wildman–Crippen LogP) is 3.26. The van der Waals surface area contributed by atoms with E-state index in [2.05, 4.69) is 15.6 Å². The first-order valence-corrected chi connectivity index (χ1v) is 14.6. The minimum Gasteiger partial charge on any atom is -0.391 e. The van der Waals surface area contributed by atoms with Crippen LogP contribution in [-0.2, 0) is 25.7 Å². The van der Waals surface area contributed by atoms with Crippen LogP contribution in [0.1, 0.15) is 51.3 Å². The fraction of sp³-hybridized carbons (Fsp3) is 0.571. The van der Waals surface area contributed by atoms with Gasteiger partial charge in [-0.3, -0.25) is 14.4 Å². The number of halogens is 1. The van der Waals surface area contributed by atoms with Crippen LogP contribution < -0.4 is 10.6 Å². The molecule has 3 atom stereocenters. The number of amides is 3. The lowest BCUT2D eigenvalue weighted by atomic mass is 9.85. The van der Waals surface area contributed by atoms with Crippen molar-refractivity contribution in [1.29, 1.82) is 0 Å². The lowest BCUT2D eigenvalue weighted by Crippen LogP contribution is -2.58. The topological polar surface area (TPSA) is 121 Å². The minimum atomic E-state index is -0.889. The third-order valence-corrected chi connectivity index (χ3v) is 7.86. The molecule has 0 radical (unpaired) electrons. The average Bonchev–Trinajstić information content (AvgIpc) is 3.50. The summed E-state index contributed by atoms with van der Waals surface area (Å²) in [6.07, 6.45) is 0.852. The van der Waals surface area contributed by atoms with Gasteiger partial charge in [0.05, 0.1) is 22.2 Å². The SMILES string of the molecule is Cc1ncsc1-c1ccc(CNC(=O)C2CC(O)CN2C(=O)C(NC(=O)COCCCCCl)C(C)(C)C)cc1. The van der Waals surface area contributed by atoms with Gasteiger partial charge in [-0.15, -0.1) is 22.9 Å². The van der Waals surface area contributed by atoms with Crippen molar-refractivity contribution in [1.82, 2.24) is 20.5 Å². The van der Waals surface area contributed by atoms with Gasteiger partial charge in [0.15, 0.2) is 0 Å². The van der Waals surface area contributed by atoms with Crippen LogP contribution in [-0.4, -0.2) is 76.5 Å². The third-order valence-electron chi connectivity index (χ3n) is 6.62. The zero-order valence-electron chi connectivity index (χ0n) is 23.0. The summed E-state index contributed by atoms with van der Waals surface area (Å²) >= 11 is 7.24. The Bertz CT molecular complexity index is 1120. The molecular formula is C28H39ClN4O5S. The van der Waals surface area contributed by atoms with E-state index in [9.17, 15) is 19.5 Å². The molecule has 1 aliphatic rings. The molecule has 1 aromatic heterocycles. The fourth-order valence-electron chi connectivity index (χ4n) is 4.45. The van der Waals surface area contributed by atoms with Gasteiger partial charge in [-0.1, -0.05) is 45.0 Å². The summed E-state index contributed by atoms with van der Waals surface area (Å²) < 4.78 is 5.40. The molecule has 214 valence electrons. The minimum absolute atomic E-state index is 0.0250. The number of nitrogens with one attached hydrogen (secondary N) is 2. The number of rotatable bonds is 12. The first-order chi connectivity index (χ1) is 18.5. The van der Waals surface area contributed by atoms with Crippen LogP contribution in [0.3, 0.4) is 0 Å². The van der Waals surface area contributed by atoms with Gasteiger partial charge in [0.2, 0.25) is 17.7 Å². The first kappa shape index (κ1) is 31.0. The summed E-state index contributed by atoms with van der Waals surface area (Å²) in [5.74, 6) is -0.624. The Morgan fingerprint density at radius 3 is 2.56 bits per heavy atom. The Morgan fingerprint density at radius 2 is 1.95 bits per heavy atom. The maximum Gasteiger partial charge on any atom is 0.246 e. The van der Waals surface area contributed by atoms with Crippen molar-refractivity contribution < 1.29 is 24.2 Å². The van der Waals surface area contributed by atoms with Crippen LogP contribution in [0.5, 0.6) is 0 Å². The van der Waals surface area contributed by atoms with E-state index in [1.165, 1.54) is 4.90 Å². The molecule has 39 heavy (non-hydrogen) atoms. The Morgan fingerprint density at radius 1 is 1.23 bits per heavy atom. The van der Waals surface area contributed by atoms with Crippen molar-refractivity contribution in [2.45, 2.75) is 71.7 Å². The van der Waals surface area contributed by atoms with Gasteiger partial charge < -0.3 is 25.4 Å². The maximum atomic E-state index is 13.6. The lowest BCUT2D eigenvalue weighted by molar-refractivity contribution is -0.144. The Balaban J connectivity index is 1.61. The fourth-order valence-corrected chi connectivity index (χ4v) is 5.45. The van der Waals surface area contributed by atoms with Crippen LogP contribution in [0.25, 0.3) is 10.4 Å². The zero-order chi connectivity index (χ0) is 28.6. The Kier molecular flexibility index (Phi) is 11.3. The summed E-state index contributed by atoms with van der Waals surface area (Å²) in [4.78, 5) is 46.1. The Hall–Kier alpha value is -2.53. The molecule has 0 spiro atoms. The molecule has 3 rings (SSSR count). The smallest absolute Gasteiger partial charge is 0.246 e. The molecule has 11 heteroatoms. The standard InChI is InChI=1S/C28H39ClN4O5S/c1-18-24(39-17-31-18)20-9-7-19(8-10-20)14-30-26(36)22-13-21(34)15-33(22)27(37)25(28(2,3)4)32-23(35)16-38-12-6-5-11-29/h7-10,17,21-22,25,34H,5-6,11-16H2,1-4H3,(H,30,36)(H,32,35). The van der Waals surface area contributed by atoms with Crippen molar-refractivity contribution in [3.63, 3.8) is 0 Å². The number of unbranched alkanes of at least 4 members (excludes halogenated alkanes) is 1. The van der Waals surface area contributed by atoms with Crippen LogP contribution in [0.15, 0.2) is 29.8 Å². The van der Waals surface area contributed by atoms with Gasteiger partial charge >= 0.3 is 0 Å². The molecule has 1 fully saturated rings. The number of carbonyl (C=O) groups excluding carboxylic acids is 3. The van der Waals surface area contributed by atoms with Gasteiger partial charge in [-0.25, -0.2) is 4.98 Å². The largest absolute Gasteiger partial charge is 0.391 e. The maximum absolute atomic E-state index is 13.6. The summed E-state index contributed by atoms with van der Waals surface area (Å²) in [6, 6.07) is 6.17. The molecule has 0 saturated carbocycles. The number of alkyl halides is 1. The van der Waals surface area contributed by atoms with Crippen molar-refractivity contribution >= 4 is 40.7 Å². The van der Waals surface area contributed by atoms with Crippen molar-refractivity contribution in [2.75, 3.05) is 25.6 Å². The first-order valence-electron chi connectivity index (χ1n) is 13.2. The van der Waals surface area contributed by atoms with Crippen molar-refractivity contribution in [2.24, 2.45) is 5.41 Å². The molecule has 0 aliphatic carbocycles. The molecule has 1 saturated heterocycles. The van der Waals surface area contributed by atoms with E-state index in [0.717, 1.165) is 34.5 Å². The van der Waals surface area contributed by atoms with Gasteiger partial charge in [0, 0.05) is 32.0 Å². The summed E-state index contributed by atoms with van der Waals surface area (Å²) in [6.45, 7) is 8.05. The highest BCUT2D eigenvalue weighted by Gasteiger charge is 2.44. The molecule has 2 aromatic rings. The van der Waals surface area contributed by atoms with E-state index in [4.69, 9.17) is 16.3 Å². The normalized spacial score (nSPS) is 18.2. The van der Waals surface area contributed by atoms with Crippen molar-refractivity contribution in [3.05, 3.63) is 41.0 Å². The number of thiazole rings is 1. The van der Waals surface area contributed by atoms with Gasteiger partial charge in [0.25, 0.3) is 0 Å². The van der Waals surface area contributed by atoms with E-state index in [0.29, 0.717) is 12.5 Å². The number of aryl methyl sites for hydroxylation is 1. The number of aromatic nitrogens is 1. The molecule has 3 unspecified atom stereocenters. The van der Waals surface area contributed by atoms with Gasteiger partial charge in [-0.2, -0.15) is 0 Å². The average molecular weight is 579 g/mol. The highest BCUT2D eigenvalue weighted by molar-refractivity contribution is 7.13. The van der Waals surface area contributed by atoms with Crippen LogP contribution in [0.2, 0.25) is 0 Å². The predicted molar refractivity (Wildman–Crippen MR) is 152 cm³/mol. The Labute approximate surface area is 239 Å². The highest BCUT2D eigenvalue weighted by Crippen LogP contribution is 2.28. The highest BCUT2D eigenvalue weighted by atomic mass is 35.5. The second-order valence-electron chi connectivity index (χ2n) is 10.9. The van der Waals surface area contributed by atoms with Crippen molar-refractivity contribution in [3.8, 4) is 10.4 Å². The number of β-amino-alcohol motifs (C(OH)–C–C–N with tert-alkyl or cyclic N) is 1. The van der Waals surface area contributed by atoms with E-state index in [1.54, 1.807) is 11.3 Å². The molecular weight excluding hydrogens is 540 g/mol. The molecule has 3 N–H and O–H groups in total. The number of hydrogen-bond donors (Lipinski definition) is 3. The van der Waals surface area contributed by atoms with E-state index < -0.39 is 35.4 Å². The number of aliphatic hydroxyl groups is 1. The number of hydrogen-bond acceptors (Lipinski definition) is 7. The summed E-state index contributed by atoms with van der Waals surface area (Å²) in [7, 11) is 0. The second kappa shape index (κ2) is 14.2.